The zero-order valence-corrected chi connectivity index (χ0v) is 13.5. The van der Waals surface area contributed by atoms with Gasteiger partial charge in [0.1, 0.15) is 5.69 Å². The third-order valence-corrected chi connectivity index (χ3v) is 3.99. The van der Waals surface area contributed by atoms with Gasteiger partial charge in [-0.15, -0.1) is 17.9 Å². The van der Waals surface area contributed by atoms with E-state index >= 15 is 0 Å². The van der Waals surface area contributed by atoms with Crippen LogP contribution in [0.5, 0.6) is 11.5 Å². The number of phenols is 2. The molecule has 0 fully saturated rings. The van der Waals surface area contributed by atoms with E-state index in [1.807, 2.05) is 11.4 Å². The van der Waals surface area contributed by atoms with Gasteiger partial charge in [-0.2, -0.15) is 5.10 Å². The quantitative estimate of drug-likeness (QED) is 0.425. The van der Waals surface area contributed by atoms with E-state index < -0.39 is 0 Å². The number of phenolic OH excluding ortho intramolecular Hbond substituents is 2. The topological polar surface area (TPSA) is 83.2 Å². The third kappa shape index (κ3) is 3.31. The molecule has 1 aromatic carbocycles. The van der Waals surface area contributed by atoms with Gasteiger partial charge in [0.2, 0.25) is 4.80 Å². The molecule has 2 heterocycles. The Hall–Kier alpha value is -3.06. The van der Waals surface area contributed by atoms with Crippen molar-refractivity contribution in [1.29, 1.82) is 0 Å². The lowest BCUT2D eigenvalue weighted by Gasteiger charge is -2.01. The van der Waals surface area contributed by atoms with Gasteiger partial charge in [-0.25, -0.2) is 4.68 Å². The van der Waals surface area contributed by atoms with E-state index in [-0.39, 0.29) is 11.5 Å². The van der Waals surface area contributed by atoms with Crippen LogP contribution in [0, 0.1) is 0 Å². The summed E-state index contributed by atoms with van der Waals surface area (Å²) in [5.41, 5.74) is 1.41. The van der Waals surface area contributed by atoms with Crippen LogP contribution in [0.15, 0.2) is 69.1 Å². The molecule has 0 radical (unpaired) electrons. The van der Waals surface area contributed by atoms with Crippen LogP contribution in [-0.2, 0) is 0 Å². The first-order valence-electron chi connectivity index (χ1n) is 7.11. The van der Waals surface area contributed by atoms with Crippen LogP contribution >= 0.6 is 11.3 Å². The first-order chi connectivity index (χ1) is 11.7. The maximum atomic E-state index is 9.57. The lowest BCUT2D eigenvalue weighted by Crippen LogP contribution is -2.12. The van der Waals surface area contributed by atoms with E-state index in [9.17, 15) is 10.2 Å². The van der Waals surface area contributed by atoms with Gasteiger partial charge < -0.3 is 14.6 Å². The number of benzene rings is 1. The molecule has 0 bridgehead atoms. The number of rotatable bonds is 5. The van der Waals surface area contributed by atoms with Crippen LogP contribution < -0.4 is 4.80 Å². The normalized spacial score (nSPS) is 12.1. The summed E-state index contributed by atoms with van der Waals surface area (Å²) in [6.07, 6.45) is 4.88. The van der Waals surface area contributed by atoms with Crippen molar-refractivity contribution in [2.24, 2.45) is 10.1 Å². The highest BCUT2D eigenvalue weighted by Crippen LogP contribution is 2.24. The summed E-state index contributed by atoms with van der Waals surface area (Å²) in [4.78, 5) is 5.11. The highest BCUT2D eigenvalue weighted by Gasteiger charge is 2.09. The Bertz CT molecular complexity index is 936. The van der Waals surface area contributed by atoms with Crippen molar-refractivity contribution in [1.82, 2.24) is 4.68 Å². The van der Waals surface area contributed by atoms with Crippen LogP contribution in [0.4, 0.5) is 0 Å². The van der Waals surface area contributed by atoms with Crippen molar-refractivity contribution < 1.29 is 14.6 Å². The number of nitrogens with zero attached hydrogens (tertiary/aromatic N) is 3. The zero-order valence-electron chi connectivity index (χ0n) is 12.7. The Morgan fingerprint density at radius 2 is 2.12 bits per heavy atom. The molecule has 6 nitrogen and oxygen atoms in total. The number of hydrogen-bond acceptors (Lipinski definition) is 6. The molecule has 2 N–H and O–H groups in total. The van der Waals surface area contributed by atoms with Gasteiger partial charge in [-0.3, -0.25) is 4.99 Å². The van der Waals surface area contributed by atoms with Gasteiger partial charge in [-0.05, 0) is 35.9 Å². The predicted octanol–water partition coefficient (Wildman–Crippen LogP) is 3.19. The van der Waals surface area contributed by atoms with Gasteiger partial charge in [0.15, 0.2) is 17.3 Å². The van der Waals surface area contributed by atoms with Gasteiger partial charge in [0, 0.05) is 5.38 Å². The van der Waals surface area contributed by atoms with Crippen molar-refractivity contribution >= 4 is 17.6 Å². The molecule has 0 saturated heterocycles. The number of aromatic hydroxyl groups is 2. The van der Waals surface area contributed by atoms with Gasteiger partial charge in [-0.1, -0.05) is 6.08 Å². The fourth-order valence-corrected chi connectivity index (χ4v) is 2.83. The standard InChI is InChI=1S/C17H15N3O3S/c1-2-7-18-17-20(13(11-24-17)16-4-3-8-23-16)19-10-12-5-6-14(21)15(22)9-12/h2-6,8-11,21-22H,1,7H2. The average molecular weight is 341 g/mol. The van der Waals surface area contributed by atoms with Gasteiger partial charge in [0.25, 0.3) is 0 Å². The highest BCUT2D eigenvalue weighted by molar-refractivity contribution is 7.07. The summed E-state index contributed by atoms with van der Waals surface area (Å²) < 4.78 is 7.11. The van der Waals surface area contributed by atoms with Crippen molar-refractivity contribution in [2.75, 3.05) is 6.54 Å². The largest absolute Gasteiger partial charge is 0.504 e. The molecule has 0 amide bonds. The monoisotopic (exact) mass is 341 g/mol. The number of furan rings is 1. The molecule has 0 aliphatic carbocycles. The van der Waals surface area contributed by atoms with Crippen LogP contribution in [0.1, 0.15) is 5.56 Å². The first kappa shape index (κ1) is 15.8. The Morgan fingerprint density at radius 1 is 1.25 bits per heavy atom. The smallest absolute Gasteiger partial charge is 0.206 e. The molecule has 0 aliphatic rings. The molecule has 0 saturated carbocycles. The van der Waals surface area contributed by atoms with E-state index in [2.05, 4.69) is 16.7 Å². The first-order valence-corrected chi connectivity index (χ1v) is 7.99. The van der Waals surface area contributed by atoms with E-state index in [4.69, 9.17) is 4.42 Å². The number of thiazole rings is 1. The van der Waals surface area contributed by atoms with E-state index in [1.165, 1.54) is 23.5 Å². The molecular weight excluding hydrogens is 326 g/mol. The van der Waals surface area contributed by atoms with Crippen LogP contribution in [0.25, 0.3) is 11.5 Å². The molecule has 122 valence electrons. The number of aromatic nitrogens is 1. The van der Waals surface area contributed by atoms with Gasteiger partial charge >= 0.3 is 0 Å². The maximum Gasteiger partial charge on any atom is 0.206 e. The minimum atomic E-state index is -0.197. The summed E-state index contributed by atoms with van der Waals surface area (Å²) in [5, 5.41) is 25.3. The van der Waals surface area contributed by atoms with Crippen molar-refractivity contribution in [3.05, 3.63) is 65.0 Å². The predicted molar refractivity (Wildman–Crippen MR) is 93.4 cm³/mol. The summed E-state index contributed by atoms with van der Waals surface area (Å²) in [6.45, 7) is 4.15. The SMILES string of the molecule is C=CCN=c1scc(-c2ccco2)n1N=Cc1ccc(O)c(O)c1. The zero-order chi connectivity index (χ0) is 16.9. The molecule has 7 heteroatoms. The third-order valence-electron chi connectivity index (χ3n) is 3.14. The Morgan fingerprint density at radius 3 is 2.83 bits per heavy atom. The molecule has 3 aromatic rings. The summed E-state index contributed by atoms with van der Waals surface area (Å²) in [7, 11) is 0. The Labute approximate surface area is 142 Å². The lowest BCUT2D eigenvalue weighted by atomic mass is 10.2. The fraction of sp³-hybridized carbons (Fsp3) is 0.0588. The molecule has 3 rings (SSSR count). The minimum absolute atomic E-state index is 0.173. The van der Waals surface area contributed by atoms with Gasteiger partial charge in [0.05, 0.1) is 19.0 Å². The molecule has 0 atom stereocenters. The van der Waals surface area contributed by atoms with E-state index in [0.717, 1.165) is 5.69 Å². The van der Waals surface area contributed by atoms with Crippen LogP contribution in [0.3, 0.4) is 0 Å². The molecule has 2 aromatic heterocycles. The Balaban J connectivity index is 2.04. The van der Waals surface area contributed by atoms with Crippen molar-refractivity contribution in [2.45, 2.75) is 0 Å². The second-order valence-electron chi connectivity index (χ2n) is 4.81. The summed E-state index contributed by atoms with van der Waals surface area (Å²) >= 11 is 1.44. The Kier molecular flexibility index (Phi) is 4.62. The average Bonchev–Trinajstić information content (AvgIpc) is 3.23. The molecule has 0 aliphatic heterocycles. The maximum absolute atomic E-state index is 9.57. The number of hydrogen-bond donors (Lipinski definition) is 2. The van der Waals surface area contributed by atoms with E-state index in [0.29, 0.717) is 22.7 Å². The highest BCUT2D eigenvalue weighted by atomic mass is 32.1. The summed E-state index contributed by atoms with van der Waals surface area (Å²) in [6, 6.07) is 8.14. The second kappa shape index (κ2) is 7.01. The van der Waals surface area contributed by atoms with Crippen LogP contribution in [-0.4, -0.2) is 27.6 Å². The van der Waals surface area contributed by atoms with Crippen molar-refractivity contribution in [3.63, 3.8) is 0 Å². The second-order valence-corrected chi connectivity index (χ2v) is 5.65. The molecule has 24 heavy (non-hydrogen) atoms. The molecule has 0 unspecified atom stereocenters. The fourth-order valence-electron chi connectivity index (χ4n) is 2.00. The molecule has 0 spiro atoms. The van der Waals surface area contributed by atoms with E-state index in [1.54, 1.807) is 35.4 Å². The summed E-state index contributed by atoms with van der Waals surface area (Å²) in [5.74, 6) is 0.308. The van der Waals surface area contributed by atoms with Crippen molar-refractivity contribution in [3.8, 4) is 23.0 Å². The molecular formula is C17H15N3O3S. The lowest BCUT2D eigenvalue weighted by molar-refractivity contribution is 0.403. The minimum Gasteiger partial charge on any atom is -0.504 e. The van der Waals surface area contributed by atoms with Crippen LogP contribution in [0.2, 0.25) is 0 Å².